The van der Waals surface area contributed by atoms with Crippen LogP contribution in [0.15, 0.2) is 5.38 Å². The molecule has 0 saturated carbocycles. The van der Waals surface area contributed by atoms with E-state index in [4.69, 9.17) is 4.74 Å². The summed E-state index contributed by atoms with van der Waals surface area (Å²) in [4.78, 5) is 15.4. The quantitative estimate of drug-likeness (QED) is 0.791. The summed E-state index contributed by atoms with van der Waals surface area (Å²) in [5.41, 5.74) is 0.926. The van der Waals surface area contributed by atoms with Crippen molar-refractivity contribution in [1.29, 1.82) is 0 Å². The second kappa shape index (κ2) is 5.79. The Kier molecular flexibility index (Phi) is 4.67. The lowest BCUT2D eigenvalue weighted by Crippen LogP contribution is -2.17. The SMILES string of the molecule is CNC(C)c1csc(NC(=O)COC)n1. The molecule has 1 unspecified atom stereocenters. The van der Waals surface area contributed by atoms with Crippen LogP contribution >= 0.6 is 11.3 Å². The lowest BCUT2D eigenvalue weighted by molar-refractivity contribution is -0.119. The summed E-state index contributed by atoms with van der Waals surface area (Å²) in [5.74, 6) is -0.185. The van der Waals surface area contributed by atoms with Gasteiger partial charge < -0.3 is 10.1 Å². The highest BCUT2D eigenvalue weighted by molar-refractivity contribution is 7.13. The topological polar surface area (TPSA) is 63.2 Å². The predicted octanol–water partition coefficient (Wildman–Crippen LogP) is 1.01. The molecule has 2 N–H and O–H groups in total. The van der Waals surface area contributed by atoms with Crippen molar-refractivity contribution in [3.05, 3.63) is 11.1 Å². The molecule has 1 amide bonds. The van der Waals surface area contributed by atoms with Crippen molar-refractivity contribution < 1.29 is 9.53 Å². The smallest absolute Gasteiger partial charge is 0.252 e. The first kappa shape index (κ1) is 12.1. The van der Waals surface area contributed by atoms with Crippen molar-refractivity contribution in [2.45, 2.75) is 13.0 Å². The highest BCUT2D eigenvalue weighted by Gasteiger charge is 2.09. The first-order chi connectivity index (χ1) is 7.17. The fraction of sp³-hybridized carbons (Fsp3) is 0.556. The van der Waals surface area contributed by atoms with E-state index in [2.05, 4.69) is 15.6 Å². The molecule has 0 aliphatic carbocycles. The zero-order valence-electron chi connectivity index (χ0n) is 9.03. The molecule has 1 heterocycles. The fourth-order valence-electron chi connectivity index (χ4n) is 0.977. The Morgan fingerprint density at radius 1 is 1.73 bits per heavy atom. The molecular weight excluding hydrogens is 214 g/mol. The monoisotopic (exact) mass is 229 g/mol. The zero-order chi connectivity index (χ0) is 11.3. The number of anilines is 1. The van der Waals surface area contributed by atoms with E-state index in [9.17, 15) is 4.79 Å². The number of hydrogen-bond acceptors (Lipinski definition) is 5. The molecule has 0 spiro atoms. The van der Waals surface area contributed by atoms with Crippen LogP contribution in [0.25, 0.3) is 0 Å². The third-order valence-corrected chi connectivity index (χ3v) is 2.70. The van der Waals surface area contributed by atoms with Gasteiger partial charge in [-0.3, -0.25) is 10.1 Å². The number of ether oxygens (including phenoxy) is 1. The molecule has 0 aliphatic rings. The van der Waals surface area contributed by atoms with Crippen molar-refractivity contribution >= 4 is 22.4 Å². The number of carbonyl (C=O) groups is 1. The number of amides is 1. The number of rotatable bonds is 5. The molecule has 0 aromatic carbocycles. The number of nitrogens with zero attached hydrogens (tertiary/aromatic N) is 1. The van der Waals surface area contributed by atoms with Crippen LogP contribution in [-0.2, 0) is 9.53 Å². The minimum Gasteiger partial charge on any atom is -0.375 e. The molecule has 84 valence electrons. The summed E-state index contributed by atoms with van der Waals surface area (Å²) in [6.45, 7) is 2.06. The number of carbonyl (C=O) groups excluding carboxylic acids is 1. The van der Waals surface area contributed by atoms with Gasteiger partial charge in [0.2, 0.25) is 0 Å². The summed E-state index contributed by atoms with van der Waals surface area (Å²) >= 11 is 1.41. The number of thiazole rings is 1. The van der Waals surface area contributed by atoms with Crippen molar-refractivity contribution in [3.8, 4) is 0 Å². The summed E-state index contributed by atoms with van der Waals surface area (Å²) in [7, 11) is 3.35. The van der Waals surface area contributed by atoms with Crippen LogP contribution in [0.5, 0.6) is 0 Å². The Morgan fingerprint density at radius 3 is 3.07 bits per heavy atom. The molecule has 0 bridgehead atoms. The Bertz CT molecular complexity index is 327. The minimum absolute atomic E-state index is 0.0521. The Morgan fingerprint density at radius 2 is 2.47 bits per heavy atom. The van der Waals surface area contributed by atoms with Crippen LogP contribution in [0.4, 0.5) is 5.13 Å². The maximum Gasteiger partial charge on any atom is 0.252 e. The maximum absolute atomic E-state index is 11.2. The van der Waals surface area contributed by atoms with Gasteiger partial charge in [0.15, 0.2) is 5.13 Å². The van der Waals surface area contributed by atoms with E-state index in [1.165, 1.54) is 18.4 Å². The molecule has 0 saturated heterocycles. The van der Waals surface area contributed by atoms with E-state index in [1.54, 1.807) is 0 Å². The molecule has 6 heteroatoms. The number of nitrogens with one attached hydrogen (secondary N) is 2. The fourth-order valence-corrected chi connectivity index (χ4v) is 1.80. The first-order valence-corrected chi connectivity index (χ1v) is 5.46. The van der Waals surface area contributed by atoms with E-state index >= 15 is 0 Å². The van der Waals surface area contributed by atoms with Crippen molar-refractivity contribution in [3.63, 3.8) is 0 Å². The van der Waals surface area contributed by atoms with Gasteiger partial charge in [-0.2, -0.15) is 0 Å². The van der Waals surface area contributed by atoms with E-state index in [1.807, 2.05) is 19.4 Å². The van der Waals surface area contributed by atoms with Gasteiger partial charge in [0.05, 0.1) is 5.69 Å². The van der Waals surface area contributed by atoms with E-state index in [0.717, 1.165) is 5.69 Å². The minimum atomic E-state index is -0.185. The van der Waals surface area contributed by atoms with Gasteiger partial charge in [-0.1, -0.05) is 0 Å². The van der Waals surface area contributed by atoms with Gasteiger partial charge in [0.1, 0.15) is 6.61 Å². The zero-order valence-corrected chi connectivity index (χ0v) is 9.85. The van der Waals surface area contributed by atoms with Crippen molar-refractivity contribution in [2.24, 2.45) is 0 Å². The summed E-state index contributed by atoms with van der Waals surface area (Å²) in [6, 6.07) is 0.189. The van der Waals surface area contributed by atoms with Crippen LogP contribution in [0.1, 0.15) is 18.7 Å². The molecule has 5 nitrogen and oxygen atoms in total. The van der Waals surface area contributed by atoms with E-state index in [-0.39, 0.29) is 18.6 Å². The molecule has 0 aliphatic heterocycles. The summed E-state index contributed by atoms with van der Waals surface area (Å²) in [6.07, 6.45) is 0. The van der Waals surface area contributed by atoms with Gasteiger partial charge in [0.25, 0.3) is 5.91 Å². The normalized spacial score (nSPS) is 12.5. The van der Waals surface area contributed by atoms with Crippen molar-refractivity contribution in [1.82, 2.24) is 10.3 Å². The van der Waals surface area contributed by atoms with Gasteiger partial charge >= 0.3 is 0 Å². The molecule has 1 atom stereocenters. The molecule has 15 heavy (non-hydrogen) atoms. The molecule has 1 aromatic heterocycles. The van der Waals surface area contributed by atoms with Gasteiger partial charge in [-0.25, -0.2) is 4.98 Å². The van der Waals surface area contributed by atoms with Gasteiger partial charge in [0, 0.05) is 18.5 Å². The third kappa shape index (κ3) is 3.58. The standard InChI is InChI=1S/C9H15N3O2S/c1-6(10-2)7-5-15-9(11-7)12-8(13)4-14-3/h5-6,10H,4H2,1-3H3,(H,11,12,13). The molecule has 1 rings (SSSR count). The average Bonchev–Trinajstić information content (AvgIpc) is 2.65. The lowest BCUT2D eigenvalue weighted by atomic mass is 10.3. The predicted molar refractivity (Wildman–Crippen MR) is 60.1 cm³/mol. The van der Waals surface area contributed by atoms with Crippen LogP contribution in [0.2, 0.25) is 0 Å². The number of hydrogen-bond donors (Lipinski definition) is 2. The van der Waals surface area contributed by atoms with Crippen LogP contribution < -0.4 is 10.6 Å². The maximum atomic E-state index is 11.2. The van der Waals surface area contributed by atoms with Crippen LogP contribution in [-0.4, -0.2) is 31.7 Å². The van der Waals surface area contributed by atoms with Gasteiger partial charge in [-0.15, -0.1) is 11.3 Å². The molecule has 0 radical (unpaired) electrons. The molecule has 1 aromatic rings. The Balaban J connectivity index is 2.56. The summed E-state index contributed by atoms with van der Waals surface area (Å²) in [5, 5.41) is 8.26. The molecule has 0 fully saturated rings. The second-order valence-corrected chi connectivity index (χ2v) is 3.93. The first-order valence-electron chi connectivity index (χ1n) is 4.59. The number of methoxy groups -OCH3 is 1. The van der Waals surface area contributed by atoms with E-state index < -0.39 is 0 Å². The highest BCUT2D eigenvalue weighted by atomic mass is 32.1. The average molecular weight is 229 g/mol. The van der Waals surface area contributed by atoms with E-state index in [0.29, 0.717) is 5.13 Å². The largest absolute Gasteiger partial charge is 0.375 e. The number of aromatic nitrogens is 1. The Labute approximate surface area is 92.9 Å². The second-order valence-electron chi connectivity index (χ2n) is 3.07. The van der Waals surface area contributed by atoms with Crippen LogP contribution in [0.3, 0.4) is 0 Å². The van der Waals surface area contributed by atoms with Crippen LogP contribution in [0, 0.1) is 0 Å². The molecular formula is C9H15N3O2S. The Hall–Kier alpha value is -0.980. The third-order valence-electron chi connectivity index (χ3n) is 1.92. The summed E-state index contributed by atoms with van der Waals surface area (Å²) < 4.78 is 4.70. The lowest BCUT2D eigenvalue weighted by Gasteiger charge is -2.05. The van der Waals surface area contributed by atoms with Gasteiger partial charge in [-0.05, 0) is 14.0 Å². The van der Waals surface area contributed by atoms with Crippen molar-refractivity contribution in [2.75, 3.05) is 26.1 Å². The highest BCUT2D eigenvalue weighted by Crippen LogP contribution is 2.19.